The SMILES string of the molecule is O=C(O)c1ccc(/C=C2\Oc3c(Cl)cc(Cl)cc3C2=O)cc1. The number of fused-ring (bicyclic) bond motifs is 1. The Balaban J connectivity index is 1.96. The Morgan fingerprint density at radius 1 is 1.14 bits per heavy atom. The molecule has 1 heterocycles. The van der Waals surface area contributed by atoms with Crippen molar-refractivity contribution in [3.63, 3.8) is 0 Å². The molecule has 2 aromatic rings. The van der Waals surface area contributed by atoms with Gasteiger partial charge in [0.05, 0.1) is 16.1 Å². The van der Waals surface area contributed by atoms with Gasteiger partial charge in [-0.25, -0.2) is 4.79 Å². The van der Waals surface area contributed by atoms with Crippen molar-refractivity contribution in [2.24, 2.45) is 0 Å². The summed E-state index contributed by atoms with van der Waals surface area (Å²) in [5.41, 5.74) is 1.12. The minimum Gasteiger partial charge on any atom is -0.478 e. The lowest BCUT2D eigenvalue weighted by molar-refractivity contribution is 0.0696. The number of rotatable bonds is 2. The molecule has 0 unspecified atom stereocenters. The van der Waals surface area contributed by atoms with Crippen molar-refractivity contribution < 1.29 is 19.4 Å². The van der Waals surface area contributed by atoms with Gasteiger partial charge in [-0.15, -0.1) is 0 Å². The number of hydrogen-bond donors (Lipinski definition) is 1. The van der Waals surface area contributed by atoms with E-state index in [1.165, 1.54) is 30.3 Å². The number of allylic oxidation sites excluding steroid dienone is 1. The predicted molar refractivity (Wildman–Crippen MR) is 82.8 cm³/mol. The second kappa shape index (κ2) is 5.48. The summed E-state index contributed by atoms with van der Waals surface area (Å²) >= 11 is 11.9. The third kappa shape index (κ3) is 2.58. The van der Waals surface area contributed by atoms with Gasteiger partial charge in [0.25, 0.3) is 0 Å². The summed E-state index contributed by atoms with van der Waals surface area (Å²) in [6.45, 7) is 0. The Labute approximate surface area is 135 Å². The summed E-state index contributed by atoms with van der Waals surface area (Å²) < 4.78 is 5.49. The van der Waals surface area contributed by atoms with Crippen molar-refractivity contribution in [2.45, 2.75) is 0 Å². The van der Waals surface area contributed by atoms with Gasteiger partial charge in [0.1, 0.15) is 0 Å². The number of benzene rings is 2. The number of halogens is 2. The third-order valence-electron chi connectivity index (χ3n) is 3.14. The summed E-state index contributed by atoms with van der Waals surface area (Å²) in [5.74, 6) is -0.936. The van der Waals surface area contributed by atoms with Crippen LogP contribution in [0.1, 0.15) is 26.3 Å². The highest BCUT2D eigenvalue weighted by Gasteiger charge is 2.29. The van der Waals surface area contributed by atoms with Crippen LogP contribution in [0.5, 0.6) is 5.75 Å². The molecule has 110 valence electrons. The summed E-state index contributed by atoms with van der Waals surface area (Å²) in [6.07, 6.45) is 1.53. The molecule has 0 aliphatic carbocycles. The van der Waals surface area contributed by atoms with Crippen LogP contribution in [0.4, 0.5) is 0 Å². The average Bonchev–Trinajstić information content (AvgIpc) is 2.77. The number of hydrogen-bond acceptors (Lipinski definition) is 3. The van der Waals surface area contributed by atoms with Gasteiger partial charge >= 0.3 is 5.97 Å². The van der Waals surface area contributed by atoms with E-state index in [1.54, 1.807) is 12.1 Å². The number of carbonyl (C=O) groups is 2. The van der Waals surface area contributed by atoms with Crippen LogP contribution in [0.15, 0.2) is 42.2 Å². The highest BCUT2D eigenvalue weighted by atomic mass is 35.5. The van der Waals surface area contributed by atoms with Gasteiger partial charge in [-0.05, 0) is 35.9 Å². The van der Waals surface area contributed by atoms with E-state index in [4.69, 9.17) is 33.0 Å². The molecular formula is C16H8Cl2O4. The topological polar surface area (TPSA) is 63.6 Å². The van der Waals surface area contributed by atoms with Crippen LogP contribution in [0.2, 0.25) is 10.0 Å². The Kier molecular flexibility index (Phi) is 3.64. The van der Waals surface area contributed by atoms with E-state index >= 15 is 0 Å². The standard InChI is InChI=1S/C16H8Cl2O4/c17-10-6-11-14(19)13(22-15(11)12(18)7-10)5-8-1-3-9(4-2-8)16(20)21/h1-7H,(H,20,21)/b13-5-. The van der Waals surface area contributed by atoms with E-state index in [-0.39, 0.29) is 27.9 Å². The van der Waals surface area contributed by atoms with Gasteiger partial charge in [0.15, 0.2) is 11.5 Å². The maximum absolute atomic E-state index is 12.3. The highest BCUT2D eigenvalue weighted by molar-refractivity contribution is 6.37. The molecule has 1 aliphatic heterocycles. The molecule has 0 atom stereocenters. The number of Topliss-reactive ketones (excluding diaryl/α,β-unsaturated/α-hetero) is 1. The molecule has 0 saturated heterocycles. The third-order valence-corrected chi connectivity index (χ3v) is 3.64. The number of ketones is 1. The van der Waals surface area contributed by atoms with E-state index in [0.29, 0.717) is 16.1 Å². The molecular weight excluding hydrogens is 327 g/mol. The Hall–Kier alpha value is -2.30. The van der Waals surface area contributed by atoms with Crippen molar-refractivity contribution >= 4 is 41.0 Å². The van der Waals surface area contributed by atoms with Crippen LogP contribution in [0, 0.1) is 0 Å². The first-order valence-electron chi connectivity index (χ1n) is 6.22. The van der Waals surface area contributed by atoms with Gasteiger partial charge < -0.3 is 9.84 Å². The van der Waals surface area contributed by atoms with Crippen LogP contribution in [-0.4, -0.2) is 16.9 Å². The van der Waals surface area contributed by atoms with Gasteiger partial charge in [-0.2, -0.15) is 0 Å². The van der Waals surface area contributed by atoms with E-state index < -0.39 is 5.97 Å². The van der Waals surface area contributed by atoms with E-state index in [2.05, 4.69) is 0 Å². The predicted octanol–water partition coefficient (Wildman–Crippen LogP) is 4.31. The fourth-order valence-corrected chi connectivity index (χ4v) is 2.62. The van der Waals surface area contributed by atoms with Gasteiger partial charge in [-0.1, -0.05) is 35.3 Å². The average molecular weight is 335 g/mol. The normalized spacial score (nSPS) is 14.8. The molecule has 0 saturated carbocycles. The molecule has 22 heavy (non-hydrogen) atoms. The maximum Gasteiger partial charge on any atom is 0.335 e. The minimum atomic E-state index is -1.01. The summed E-state index contributed by atoms with van der Waals surface area (Å²) in [5, 5.41) is 9.47. The summed E-state index contributed by atoms with van der Waals surface area (Å²) in [4.78, 5) is 23.1. The maximum atomic E-state index is 12.3. The first-order valence-corrected chi connectivity index (χ1v) is 6.98. The van der Waals surface area contributed by atoms with Crippen molar-refractivity contribution in [3.8, 4) is 5.75 Å². The quantitative estimate of drug-likeness (QED) is 0.831. The molecule has 0 bridgehead atoms. The summed E-state index contributed by atoms with van der Waals surface area (Å²) in [6, 6.07) is 9.07. The number of carboxylic acids is 1. The molecule has 0 spiro atoms. The molecule has 0 amide bonds. The van der Waals surface area contributed by atoms with Crippen LogP contribution in [0.3, 0.4) is 0 Å². The lowest BCUT2D eigenvalue weighted by Crippen LogP contribution is -1.99. The van der Waals surface area contributed by atoms with Crippen LogP contribution in [0.25, 0.3) is 6.08 Å². The molecule has 4 nitrogen and oxygen atoms in total. The largest absolute Gasteiger partial charge is 0.478 e. The van der Waals surface area contributed by atoms with E-state index in [1.807, 2.05) is 0 Å². The summed E-state index contributed by atoms with van der Waals surface area (Å²) in [7, 11) is 0. The smallest absolute Gasteiger partial charge is 0.335 e. The number of carboxylic acid groups (broad SMARTS) is 1. The van der Waals surface area contributed by atoms with Crippen LogP contribution >= 0.6 is 23.2 Å². The number of carbonyl (C=O) groups excluding carboxylic acids is 1. The van der Waals surface area contributed by atoms with Crippen LogP contribution < -0.4 is 4.74 Å². The van der Waals surface area contributed by atoms with Gasteiger partial charge in [0, 0.05) is 5.02 Å². The zero-order valence-electron chi connectivity index (χ0n) is 11.0. The number of aromatic carboxylic acids is 1. The molecule has 3 rings (SSSR count). The Morgan fingerprint density at radius 2 is 1.82 bits per heavy atom. The fourth-order valence-electron chi connectivity index (χ4n) is 2.09. The van der Waals surface area contributed by atoms with Gasteiger partial charge in [0.2, 0.25) is 5.78 Å². The van der Waals surface area contributed by atoms with Crippen molar-refractivity contribution in [2.75, 3.05) is 0 Å². The zero-order chi connectivity index (χ0) is 15.9. The van der Waals surface area contributed by atoms with E-state index in [9.17, 15) is 9.59 Å². The lowest BCUT2D eigenvalue weighted by Gasteiger charge is -2.01. The second-order valence-corrected chi connectivity index (χ2v) is 5.47. The molecule has 0 fully saturated rings. The molecule has 6 heteroatoms. The van der Waals surface area contributed by atoms with Crippen molar-refractivity contribution in [1.29, 1.82) is 0 Å². The zero-order valence-corrected chi connectivity index (χ0v) is 12.5. The first kappa shape index (κ1) is 14.6. The first-order chi connectivity index (χ1) is 10.5. The Bertz CT molecular complexity index is 823. The minimum absolute atomic E-state index is 0.113. The second-order valence-electron chi connectivity index (χ2n) is 4.63. The monoisotopic (exact) mass is 334 g/mol. The highest BCUT2D eigenvalue weighted by Crippen LogP contribution is 2.40. The van der Waals surface area contributed by atoms with Crippen molar-refractivity contribution in [3.05, 3.63) is 68.9 Å². The molecule has 2 aromatic carbocycles. The molecule has 1 N–H and O–H groups in total. The van der Waals surface area contributed by atoms with Crippen LogP contribution in [-0.2, 0) is 0 Å². The van der Waals surface area contributed by atoms with Crippen molar-refractivity contribution in [1.82, 2.24) is 0 Å². The lowest BCUT2D eigenvalue weighted by atomic mass is 10.1. The molecule has 0 radical (unpaired) electrons. The van der Waals surface area contributed by atoms with Gasteiger partial charge in [-0.3, -0.25) is 4.79 Å². The van der Waals surface area contributed by atoms with E-state index in [0.717, 1.165) is 0 Å². The molecule has 0 aromatic heterocycles. The Morgan fingerprint density at radius 3 is 2.45 bits per heavy atom. The molecule has 1 aliphatic rings. The number of ether oxygens (including phenoxy) is 1. The fraction of sp³-hybridized carbons (Fsp3) is 0.